The molecule has 0 bridgehead atoms. The van der Waals surface area contributed by atoms with Gasteiger partial charge in [-0.3, -0.25) is 0 Å². The van der Waals surface area contributed by atoms with E-state index in [4.69, 9.17) is 9.47 Å². The number of halogens is 1. The van der Waals surface area contributed by atoms with Gasteiger partial charge in [0.25, 0.3) is 0 Å². The first kappa shape index (κ1) is 12.4. The first-order valence-corrected chi connectivity index (χ1v) is 7.24. The molecule has 0 N–H and O–H groups in total. The van der Waals surface area contributed by atoms with Gasteiger partial charge in [-0.15, -0.1) is 11.8 Å². The van der Waals surface area contributed by atoms with Crippen molar-refractivity contribution in [2.75, 3.05) is 19.0 Å². The third-order valence-electron chi connectivity index (χ3n) is 2.31. The van der Waals surface area contributed by atoms with Gasteiger partial charge in [-0.2, -0.15) is 0 Å². The van der Waals surface area contributed by atoms with Gasteiger partial charge in [0.1, 0.15) is 0 Å². The fourth-order valence-electron chi connectivity index (χ4n) is 1.53. The molecule has 0 saturated carbocycles. The molecule has 1 heterocycles. The Kier molecular flexibility index (Phi) is 5.16. The molecule has 1 fully saturated rings. The van der Waals surface area contributed by atoms with Gasteiger partial charge in [0.05, 0.1) is 13.2 Å². The molecule has 0 radical (unpaired) electrons. The van der Waals surface area contributed by atoms with Crippen molar-refractivity contribution in [2.45, 2.75) is 24.0 Å². The number of hydrogen-bond acceptors (Lipinski definition) is 3. The average molecular weight is 303 g/mol. The van der Waals surface area contributed by atoms with Crippen LogP contribution in [-0.2, 0) is 9.47 Å². The summed E-state index contributed by atoms with van der Waals surface area (Å²) in [5.74, 6) is 1.03. The Morgan fingerprint density at radius 2 is 2.12 bits per heavy atom. The third-order valence-corrected chi connectivity index (χ3v) is 3.83. The van der Waals surface area contributed by atoms with Crippen molar-refractivity contribution >= 4 is 27.7 Å². The monoisotopic (exact) mass is 302 g/mol. The molecule has 0 amide bonds. The van der Waals surface area contributed by atoms with Crippen LogP contribution in [0.5, 0.6) is 0 Å². The lowest BCUT2D eigenvalue weighted by molar-refractivity contribution is -0.178. The highest BCUT2D eigenvalue weighted by molar-refractivity contribution is 9.10. The number of rotatable bonds is 4. The standard InChI is InChI=1S/C12H15BrO2S/c13-10-3-1-4-11(9-10)16-8-5-12-14-6-2-7-15-12/h1,3-4,9,12H,2,5-8H2. The van der Waals surface area contributed by atoms with Crippen LogP contribution in [0.1, 0.15) is 12.8 Å². The van der Waals surface area contributed by atoms with Crippen LogP contribution < -0.4 is 0 Å². The second-order valence-corrected chi connectivity index (χ2v) is 5.70. The molecule has 0 aliphatic carbocycles. The van der Waals surface area contributed by atoms with Crippen molar-refractivity contribution in [3.05, 3.63) is 28.7 Å². The van der Waals surface area contributed by atoms with Crippen molar-refractivity contribution in [3.63, 3.8) is 0 Å². The number of hydrogen-bond donors (Lipinski definition) is 0. The molecule has 1 aliphatic heterocycles. The molecular weight excluding hydrogens is 288 g/mol. The molecular formula is C12H15BrO2S. The van der Waals surface area contributed by atoms with Crippen molar-refractivity contribution in [1.82, 2.24) is 0 Å². The smallest absolute Gasteiger partial charge is 0.158 e. The Labute approximate surface area is 109 Å². The van der Waals surface area contributed by atoms with Gasteiger partial charge in [-0.1, -0.05) is 22.0 Å². The normalized spacial score (nSPS) is 17.6. The Balaban J connectivity index is 1.71. The first-order chi connectivity index (χ1) is 7.84. The summed E-state index contributed by atoms with van der Waals surface area (Å²) < 4.78 is 12.1. The summed E-state index contributed by atoms with van der Waals surface area (Å²) in [4.78, 5) is 1.28. The summed E-state index contributed by atoms with van der Waals surface area (Å²) in [5, 5.41) is 0. The molecule has 0 atom stereocenters. The largest absolute Gasteiger partial charge is 0.353 e. The zero-order valence-electron chi connectivity index (χ0n) is 9.02. The van der Waals surface area contributed by atoms with Crippen LogP contribution in [0.4, 0.5) is 0 Å². The van der Waals surface area contributed by atoms with E-state index >= 15 is 0 Å². The van der Waals surface area contributed by atoms with Gasteiger partial charge < -0.3 is 9.47 Å². The summed E-state index contributed by atoms with van der Waals surface area (Å²) in [7, 11) is 0. The van der Waals surface area contributed by atoms with E-state index in [1.165, 1.54) is 4.90 Å². The molecule has 16 heavy (non-hydrogen) atoms. The quantitative estimate of drug-likeness (QED) is 0.790. The fraction of sp³-hybridized carbons (Fsp3) is 0.500. The van der Waals surface area contributed by atoms with E-state index in [0.29, 0.717) is 0 Å². The molecule has 1 saturated heterocycles. The van der Waals surface area contributed by atoms with Crippen LogP contribution in [0.2, 0.25) is 0 Å². The van der Waals surface area contributed by atoms with Gasteiger partial charge in [0.15, 0.2) is 6.29 Å². The minimum absolute atomic E-state index is 0.00778. The van der Waals surface area contributed by atoms with Crippen molar-refractivity contribution in [2.24, 2.45) is 0 Å². The Morgan fingerprint density at radius 1 is 1.31 bits per heavy atom. The van der Waals surface area contributed by atoms with Crippen LogP contribution in [0.3, 0.4) is 0 Å². The van der Waals surface area contributed by atoms with E-state index in [9.17, 15) is 0 Å². The van der Waals surface area contributed by atoms with Gasteiger partial charge in [-0.25, -0.2) is 0 Å². The lowest BCUT2D eigenvalue weighted by Gasteiger charge is -2.22. The fourth-order valence-corrected chi connectivity index (χ4v) is 3.01. The van der Waals surface area contributed by atoms with Crippen molar-refractivity contribution in [1.29, 1.82) is 0 Å². The number of thioether (sulfide) groups is 1. The van der Waals surface area contributed by atoms with E-state index < -0.39 is 0 Å². The molecule has 1 aliphatic rings. The molecule has 1 aromatic carbocycles. The second kappa shape index (κ2) is 6.64. The molecule has 4 heteroatoms. The van der Waals surface area contributed by atoms with E-state index in [1.54, 1.807) is 0 Å². The minimum Gasteiger partial charge on any atom is -0.353 e. The average Bonchev–Trinajstić information content (AvgIpc) is 2.30. The zero-order valence-corrected chi connectivity index (χ0v) is 11.4. The predicted octanol–water partition coefficient (Wildman–Crippen LogP) is 3.69. The summed E-state index contributed by atoms with van der Waals surface area (Å²) >= 11 is 5.31. The number of benzene rings is 1. The van der Waals surface area contributed by atoms with Crippen molar-refractivity contribution in [3.8, 4) is 0 Å². The van der Waals surface area contributed by atoms with Gasteiger partial charge >= 0.3 is 0 Å². The Hall–Kier alpha value is -0.0300. The number of ether oxygens (including phenoxy) is 2. The molecule has 1 aromatic rings. The highest BCUT2D eigenvalue weighted by Gasteiger charge is 2.13. The summed E-state index contributed by atoms with van der Waals surface area (Å²) in [6, 6.07) is 8.35. The van der Waals surface area contributed by atoms with E-state index in [0.717, 1.165) is 36.3 Å². The van der Waals surface area contributed by atoms with Gasteiger partial charge in [0.2, 0.25) is 0 Å². The van der Waals surface area contributed by atoms with E-state index in [-0.39, 0.29) is 6.29 Å². The summed E-state index contributed by atoms with van der Waals surface area (Å²) in [5.41, 5.74) is 0. The van der Waals surface area contributed by atoms with E-state index in [2.05, 4.69) is 34.1 Å². The molecule has 2 nitrogen and oxygen atoms in total. The van der Waals surface area contributed by atoms with E-state index in [1.807, 2.05) is 17.8 Å². The SMILES string of the molecule is Brc1cccc(SCCC2OCCCO2)c1. The molecule has 2 rings (SSSR count). The second-order valence-electron chi connectivity index (χ2n) is 3.62. The maximum absolute atomic E-state index is 5.49. The van der Waals surface area contributed by atoms with Crippen LogP contribution in [0.15, 0.2) is 33.6 Å². The molecule has 0 unspecified atom stereocenters. The van der Waals surface area contributed by atoms with Crippen LogP contribution in [0.25, 0.3) is 0 Å². The van der Waals surface area contributed by atoms with Gasteiger partial charge in [-0.05, 0) is 24.6 Å². The minimum atomic E-state index is 0.00778. The lowest BCUT2D eigenvalue weighted by atomic mass is 10.4. The van der Waals surface area contributed by atoms with Crippen LogP contribution in [-0.4, -0.2) is 25.3 Å². The zero-order chi connectivity index (χ0) is 11.2. The predicted molar refractivity (Wildman–Crippen MR) is 69.8 cm³/mol. The van der Waals surface area contributed by atoms with Crippen molar-refractivity contribution < 1.29 is 9.47 Å². The highest BCUT2D eigenvalue weighted by Crippen LogP contribution is 2.23. The van der Waals surface area contributed by atoms with Gasteiger partial charge in [0, 0.05) is 21.5 Å². The Bertz CT molecular complexity index is 327. The lowest BCUT2D eigenvalue weighted by Crippen LogP contribution is -2.25. The first-order valence-electron chi connectivity index (χ1n) is 5.46. The summed E-state index contributed by atoms with van der Waals surface area (Å²) in [6.45, 7) is 1.68. The third kappa shape index (κ3) is 4.09. The van der Waals surface area contributed by atoms with Crippen LogP contribution in [0, 0.1) is 0 Å². The Morgan fingerprint density at radius 3 is 2.88 bits per heavy atom. The maximum Gasteiger partial charge on any atom is 0.158 e. The topological polar surface area (TPSA) is 18.5 Å². The summed E-state index contributed by atoms with van der Waals surface area (Å²) in [6.07, 6.45) is 1.99. The molecule has 0 aromatic heterocycles. The van der Waals surface area contributed by atoms with Crippen LogP contribution >= 0.6 is 27.7 Å². The molecule has 88 valence electrons. The maximum atomic E-state index is 5.49. The highest BCUT2D eigenvalue weighted by atomic mass is 79.9. The molecule has 0 spiro atoms.